The Morgan fingerprint density at radius 1 is 1.57 bits per heavy atom. The highest BCUT2D eigenvalue weighted by atomic mass is 32.0. The van der Waals surface area contributed by atoms with Crippen molar-refractivity contribution in [2.45, 2.75) is 19.8 Å². The molecule has 0 saturated heterocycles. The van der Waals surface area contributed by atoms with Gasteiger partial charge in [-0.15, -0.1) is 0 Å². The molecule has 0 nitrogen and oxygen atoms in total. The van der Waals surface area contributed by atoms with Crippen LogP contribution in [0.1, 0.15) is 19.8 Å². The molecule has 0 N–H and O–H groups in total. The molecular weight excluding hydrogens is 122 g/mol. The van der Waals surface area contributed by atoms with E-state index in [0.717, 1.165) is 8.27 Å². The van der Waals surface area contributed by atoms with E-state index in [1.54, 1.807) is 0 Å². The van der Waals surface area contributed by atoms with Crippen LogP contribution in [0.4, 0.5) is 0 Å². The van der Waals surface area contributed by atoms with Gasteiger partial charge in [0.15, 0.2) is 0 Å². The highest BCUT2D eigenvalue weighted by Gasteiger charge is 1.84. The van der Waals surface area contributed by atoms with Crippen molar-refractivity contribution in [3.05, 3.63) is 0 Å². The van der Waals surface area contributed by atoms with Gasteiger partial charge in [-0.1, -0.05) is 13.3 Å². The van der Waals surface area contributed by atoms with E-state index in [1.165, 1.54) is 27.3 Å². The van der Waals surface area contributed by atoms with Crippen LogP contribution in [0.2, 0.25) is 0 Å². The summed E-state index contributed by atoms with van der Waals surface area (Å²) in [7, 11) is 2.11. The molecule has 0 aliphatic carbocycles. The molecule has 44 valence electrons. The molecule has 0 radical (unpaired) electrons. The highest BCUT2D eigenvalue weighted by molar-refractivity contribution is 8.11. The highest BCUT2D eigenvalue weighted by Crippen LogP contribution is 2.33. The van der Waals surface area contributed by atoms with Gasteiger partial charge in [0, 0.05) is 14.9 Å². The van der Waals surface area contributed by atoms with Gasteiger partial charge in [-0.2, -0.15) is 0 Å². The summed E-state index contributed by atoms with van der Waals surface area (Å²) in [5.74, 6) is 0. The summed E-state index contributed by atoms with van der Waals surface area (Å²) in [4.78, 5) is 0. The first-order chi connectivity index (χ1) is 3.41. The molecule has 2 atom stereocenters. The Morgan fingerprint density at radius 3 is 2.71 bits per heavy atom. The zero-order valence-corrected chi connectivity index (χ0v) is 7.35. The molecule has 2 unspecified atom stereocenters. The molecule has 2 heteroatoms. The molecule has 0 amide bonds. The monoisotopic (exact) mass is 137 g/mol. The zero-order chi connectivity index (χ0) is 5.54. The first-order valence-corrected chi connectivity index (χ1v) is 7.10. The molecule has 7 heavy (non-hydrogen) atoms. The van der Waals surface area contributed by atoms with Crippen LogP contribution < -0.4 is 0 Å². The minimum atomic E-state index is 0.808. The van der Waals surface area contributed by atoms with Crippen LogP contribution >= 0.6 is 16.5 Å². The SMILES string of the molecule is CCCCP[PH2+]C. The predicted molar refractivity (Wildman–Crippen MR) is 43.7 cm³/mol. The van der Waals surface area contributed by atoms with E-state index in [1.807, 2.05) is 0 Å². The largest absolute Gasteiger partial charge is 0.0654 e. The molecule has 0 heterocycles. The van der Waals surface area contributed by atoms with Gasteiger partial charge in [-0.05, 0) is 20.9 Å². The van der Waals surface area contributed by atoms with Crippen molar-refractivity contribution in [3.63, 3.8) is 0 Å². The normalized spacial score (nSPS) is 12.9. The van der Waals surface area contributed by atoms with E-state index in [4.69, 9.17) is 0 Å². The molecular formula is C5H15P2+. The van der Waals surface area contributed by atoms with Crippen LogP contribution in [0.25, 0.3) is 0 Å². The molecule has 0 spiro atoms. The first-order valence-electron chi connectivity index (χ1n) is 2.93. The number of hydrogen-bond donors (Lipinski definition) is 0. The van der Waals surface area contributed by atoms with Gasteiger partial charge in [0.25, 0.3) is 0 Å². The third-order valence-electron chi connectivity index (χ3n) is 0.879. The number of hydrogen-bond acceptors (Lipinski definition) is 0. The lowest BCUT2D eigenvalue weighted by molar-refractivity contribution is 0.896. The molecule has 0 aliphatic rings. The second-order valence-corrected chi connectivity index (χ2v) is 6.04. The Labute approximate surface area is 49.9 Å². The summed E-state index contributed by atoms with van der Waals surface area (Å²) in [5.41, 5.74) is 0. The molecule has 0 aromatic rings. The fourth-order valence-electron chi connectivity index (χ4n) is 0.423. The van der Waals surface area contributed by atoms with Crippen LogP contribution in [0.5, 0.6) is 0 Å². The fraction of sp³-hybridized carbons (Fsp3) is 1.00. The Bertz CT molecular complexity index is 25.3. The minimum Gasteiger partial charge on any atom is -0.0654 e. The van der Waals surface area contributed by atoms with Gasteiger partial charge in [0.2, 0.25) is 0 Å². The third kappa shape index (κ3) is 6.86. The topological polar surface area (TPSA) is 0 Å². The van der Waals surface area contributed by atoms with E-state index in [0.29, 0.717) is 0 Å². The minimum absolute atomic E-state index is 0.808. The first kappa shape index (κ1) is 7.86. The summed E-state index contributed by atoms with van der Waals surface area (Å²) >= 11 is 0. The van der Waals surface area contributed by atoms with E-state index < -0.39 is 0 Å². The lowest BCUT2D eigenvalue weighted by Crippen LogP contribution is -1.67. The Hall–Kier alpha value is 0.860. The smallest absolute Gasteiger partial charge is 0.0464 e. The second kappa shape index (κ2) is 6.86. The summed E-state index contributed by atoms with van der Waals surface area (Å²) in [6.07, 6.45) is 4.34. The molecule has 0 saturated carbocycles. The van der Waals surface area contributed by atoms with Crippen molar-refractivity contribution < 1.29 is 0 Å². The molecule has 0 aromatic carbocycles. The van der Waals surface area contributed by atoms with Crippen LogP contribution in [-0.4, -0.2) is 12.8 Å². The van der Waals surface area contributed by atoms with Crippen molar-refractivity contribution in [1.29, 1.82) is 0 Å². The third-order valence-corrected chi connectivity index (χ3v) is 4.02. The average molecular weight is 137 g/mol. The molecule has 0 bridgehead atoms. The standard InChI is InChI=1S/C5H14P2/c1-3-4-5-7-6-2/h6-7H,3-5H2,1-2H3/p+1. The van der Waals surface area contributed by atoms with E-state index in [-0.39, 0.29) is 0 Å². The lowest BCUT2D eigenvalue weighted by atomic mass is 10.4. The quantitative estimate of drug-likeness (QED) is 0.412. The Morgan fingerprint density at radius 2 is 2.29 bits per heavy atom. The van der Waals surface area contributed by atoms with Gasteiger partial charge in [-0.3, -0.25) is 0 Å². The van der Waals surface area contributed by atoms with Crippen molar-refractivity contribution in [2.75, 3.05) is 12.8 Å². The van der Waals surface area contributed by atoms with Gasteiger partial charge in [-0.25, -0.2) is 0 Å². The molecule has 0 aromatic heterocycles. The van der Waals surface area contributed by atoms with Crippen molar-refractivity contribution in [3.8, 4) is 0 Å². The van der Waals surface area contributed by atoms with Crippen molar-refractivity contribution in [1.82, 2.24) is 0 Å². The summed E-state index contributed by atoms with van der Waals surface area (Å²) in [5, 5.41) is 0. The second-order valence-electron chi connectivity index (χ2n) is 1.60. The van der Waals surface area contributed by atoms with Gasteiger partial charge < -0.3 is 0 Å². The van der Waals surface area contributed by atoms with Crippen molar-refractivity contribution in [2.24, 2.45) is 0 Å². The van der Waals surface area contributed by atoms with Gasteiger partial charge in [0.05, 0.1) is 0 Å². The Kier molecular flexibility index (Phi) is 7.70. The fourth-order valence-corrected chi connectivity index (χ4v) is 2.75. The van der Waals surface area contributed by atoms with Crippen LogP contribution in [-0.2, 0) is 0 Å². The average Bonchev–Trinajstić information content (AvgIpc) is 1.69. The Balaban J connectivity index is 2.45. The zero-order valence-electron chi connectivity index (χ0n) is 5.20. The predicted octanol–water partition coefficient (Wildman–Crippen LogP) is 2.42. The lowest BCUT2D eigenvalue weighted by Gasteiger charge is -1.86. The maximum Gasteiger partial charge on any atom is 0.0464 e. The van der Waals surface area contributed by atoms with Crippen molar-refractivity contribution >= 4 is 16.5 Å². The van der Waals surface area contributed by atoms with Crippen LogP contribution in [0.3, 0.4) is 0 Å². The van der Waals surface area contributed by atoms with Gasteiger partial charge in [0.1, 0.15) is 0 Å². The van der Waals surface area contributed by atoms with E-state index >= 15 is 0 Å². The summed E-state index contributed by atoms with van der Waals surface area (Å²) in [6, 6.07) is 0. The molecule has 0 fully saturated rings. The van der Waals surface area contributed by atoms with Crippen LogP contribution in [0, 0.1) is 0 Å². The summed E-state index contributed by atoms with van der Waals surface area (Å²) in [6.45, 7) is 4.60. The van der Waals surface area contributed by atoms with Crippen LogP contribution in [0.15, 0.2) is 0 Å². The van der Waals surface area contributed by atoms with Gasteiger partial charge >= 0.3 is 0 Å². The number of rotatable bonds is 4. The molecule has 0 aliphatic heterocycles. The van der Waals surface area contributed by atoms with E-state index in [2.05, 4.69) is 13.6 Å². The maximum atomic E-state index is 2.34. The molecule has 0 rings (SSSR count). The summed E-state index contributed by atoms with van der Waals surface area (Å²) < 4.78 is 0. The van der Waals surface area contributed by atoms with E-state index in [9.17, 15) is 0 Å². The maximum absolute atomic E-state index is 2.34. The number of unbranched alkanes of at least 4 members (excludes halogenated alkanes) is 1.